The highest BCUT2D eigenvalue weighted by Crippen LogP contribution is 2.25. The summed E-state index contributed by atoms with van der Waals surface area (Å²) >= 11 is 5.07. The number of nitrogen functional groups attached to an aromatic ring is 1. The molecule has 5 nitrogen and oxygen atoms in total. The molecule has 0 fully saturated rings. The summed E-state index contributed by atoms with van der Waals surface area (Å²) in [5.74, 6) is 0.152. The standard InChI is InChI=1S/C14H16BrN3O2S/c1-3-20-14(19)12-5-10(16)6-17-13(12)18(2)7-11-4-9(15)8-21-11/h4-6,8H,3,7,16H2,1-2H3. The van der Waals surface area contributed by atoms with Gasteiger partial charge in [-0.3, -0.25) is 0 Å². The van der Waals surface area contributed by atoms with Crippen LogP contribution in [0.15, 0.2) is 28.2 Å². The van der Waals surface area contributed by atoms with Crippen LogP contribution in [0.1, 0.15) is 22.2 Å². The molecule has 0 aliphatic rings. The number of nitrogens with two attached hydrogens (primary N) is 1. The van der Waals surface area contributed by atoms with Gasteiger partial charge >= 0.3 is 5.97 Å². The highest BCUT2D eigenvalue weighted by atomic mass is 79.9. The molecular formula is C14H16BrN3O2S. The van der Waals surface area contributed by atoms with Crippen molar-refractivity contribution in [3.63, 3.8) is 0 Å². The van der Waals surface area contributed by atoms with Crippen molar-refractivity contribution < 1.29 is 9.53 Å². The van der Waals surface area contributed by atoms with Gasteiger partial charge in [0.15, 0.2) is 0 Å². The van der Waals surface area contributed by atoms with E-state index in [1.165, 1.54) is 0 Å². The maximum atomic E-state index is 12.0. The van der Waals surface area contributed by atoms with Crippen LogP contribution < -0.4 is 10.6 Å². The van der Waals surface area contributed by atoms with Crippen LogP contribution in [0.5, 0.6) is 0 Å². The Morgan fingerprint density at radius 2 is 2.29 bits per heavy atom. The first-order chi connectivity index (χ1) is 10.0. The number of nitrogens with zero attached hydrogens (tertiary/aromatic N) is 2. The second kappa shape index (κ2) is 6.91. The fourth-order valence-corrected chi connectivity index (χ4v) is 3.39. The summed E-state index contributed by atoms with van der Waals surface area (Å²) in [4.78, 5) is 19.4. The van der Waals surface area contributed by atoms with E-state index in [2.05, 4.69) is 20.9 Å². The van der Waals surface area contributed by atoms with Gasteiger partial charge in [0.2, 0.25) is 0 Å². The zero-order valence-corrected chi connectivity index (χ0v) is 14.2. The van der Waals surface area contributed by atoms with Gasteiger partial charge in [-0.15, -0.1) is 11.3 Å². The lowest BCUT2D eigenvalue weighted by Gasteiger charge is -2.20. The molecule has 112 valence electrons. The van der Waals surface area contributed by atoms with Gasteiger partial charge < -0.3 is 15.4 Å². The molecule has 0 spiro atoms. The molecule has 0 aliphatic carbocycles. The van der Waals surface area contributed by atoms with Crippen molar-refractivity contribution in [1.82, 2.24) is 4.98 Å². The molecule has 0 aromatic carbocycles. The number of carbonyl (C=O) groups is 1. The number of esters is 1. The molecule has 0 atom stereocenters. The van der Waals surface area contributed by atoms with Crippen molar-refractivity contribution in [2.45, 2.75) is 13.5 Å². The van der Waals surface area contributed by atoms with E-state index in [-0.39, 0.29) is 0 Å². The Labute approximate surface area is 135 Å². The largest absolute Gasteiger partial charge is 0.462 e. The van der Waals surface area contributed by atoms with E-state index in [1.54, 1.807) is 30.5 Å². The van der Waals surface area contributed by atoms with E-state index < -0.39 is 5.97 Å². The van der Waals surface area contributed by atoms with Crippen molar-refractivity contribution >= 4 is 44.7 Å². The molecule has 7 heteroatoms. The van der Waals surface area contributed by atoms with Crippen LogP contribution in [0, 0.1) is 0 Å². The fraction of sp³-hybridized carbons (Fsp3) is 0.286. The number of pyridine rings is 1. The van der Waals surface area contributed by atoms with Crippen molar-refractivity contribution in [1.29, 1.82) is 0 Å². The lowest BCUT2D eigenvalue weighted by molar-refractivity contribution is 0.0526. The van der Waals surface area contributed by atoms with Gasteiger partial charge in [0.1, 0.15) is 11.4 Å². The Morgan fingerprint density at radius 3 is 2.90 bits per heavy atom. The number of hydrogen-bond donors (Lipinski definition) is 1. The van der Waals surface area contributed by atoms with E-state index in [0.717, 1.165) is 9.35 Å². The number of thiophene rings is 1. The molecule has 2 aromatic heterocycles. The second-order valence-corrected chi connectivity index (χ2v) is 6.36. The number of hydrogen-bond acceptors (Lipinski definition) is 6. The molecule has 0 radical (unpaired) electrons. The Balaban J connectivity index is 2.27. The van der Waals surface area contributed by atoms with Gasteiger partial charge in [0, 0.05) is 21.8 Å². The first kappa shape index (κ1) is 15.8. The Bertz CT molecular complexity index is 645. The van der Waals surface area contributed by atoms with E-state index in [4.69, 9.17) is 10.5 Å². The van der Waals surface area contributed by atoms with Gasteiger partial charge in [-0.05, 0) is 35.0 Å². The van der Waals surface area contributed by atoms with Gasteiger partial charge in [-0.2, -0.15) is 0 Å². The SMILES string of the molecule is CCOC(=O)c1cc(N)cnc1N(C)Cc1cc(Br)cs1. The van der Waals surface area contributed by atoms with Gasteiger partial charge in [-0.25, -0.2) is 9.78 Å². The third kappa shape index (κ3) is 3.95. The monoisotopic (exact) mass is 369 g/mol. The molecule has 0 bridgehead atoms. The number of aromatic nitrogens is 1. The van der Waals surface area contributed by atoms with Gasteiger partial charge in [0.25, 0.3) is 0 Å². The van der Waals surface area contributed by atoms with E-state index in [0.29, 0.717) is 30.2 Å². The normalized spacial score (nSPS) is 10.4. The number of rotatable bonds is 5. The van der Waals surface area contributed by atoms with Crippen molar-refractivity contribution in [3.05, 3.63) is 38.6 Å². The number of anilines is 2. The fourth-order valence-electron chi connectivity index (χ4n) is 1.88. The topological polar surface area (TPSA) is 68.5 Å². The average Bonchev–Trinajstić information content (AvgIpc) is 2.84. The van der Waals surface area contributed by atoms with Crippen LogP contribution in [0.3, 0.4) is 0 Å². The van der Waals surface area contributed by atoms with Crippen molar-refractivity contribution in [3.8, 4) is 0 Å². The molecule has 21 heavy (non-hydrogen) atoms. The Kier molecular flexibility index (Phi) is 5.19. The van der Waals surface area contributed by atoms with Crippen molar-refractivity contribution in [2.24, 2.45) is 0 Å². The molecule has 0 unspecified atom stereocenters. The molecular weight excluding hydrogens is 354 g/mol. The third-order valence-electron chi connectivity index (χ3n) is 2.76. The molecule has 0 saturated heterocycles. The molecule has 2 rings (SSSR count). The molecule has 0 amide bonds. The predicted molar refractivity (Wildman–Crippen MR) is 88.7 cm³/mol. The van der Waals surface area contributed by atoms with Gasteiger partial charge in [0.05, 0.1) is 25.0 Å². The van der Waals surface area contributed by atoms with Crippen LogP contribution in [0.4, 0.5) is 11.5 Å². The maximum absolute atomic E-state index is 12.0. The summed E-state index contributed by atoms with van der Waals surface area (Å²) < 4.78 is 6.11. The highest BCUT2D eigenvalue weighted by Gasteiger charge is 2.18. The molecule has 0 aliphatic heterocycles. The summed E-state index contributed by atoms with van der Waals surface area (Å²) in [6, 6.07) is 3.64. The quantitative estimate of drug-likeness (QED) is 0.818. The second-order valence-electron chi connectivity index (χ2n) is 4.45. The van der Waals surface area contributed by atoms with E-state index >= 15 is 0 Å². The van der Waals surface area contributed by atoms with E-state index in [9.17, 15) is 4.79 Å². The minimum absolute atomic E-state index is 0.314. The molecule has 2 heterocycles. The molecule has 2 aromatic rings. The number of carbonyl (C=O) groups excluding carboxylic acids is 1. The Hall–Kier alpha value is -1.60. The van der Waals surface area contributed by atoms with Crippen LogP contribution in [0.25, 0.3) is 0 Å². The smallest absolute Gasteiger partial charge is 0.341 e. The average molecular weight is 370 g/mol. The Morgan fingerprint density at radius 1 is 1.52 bits per heavy atom. The zero-order chi connectivity index (χ0) is 15.4. The van der Waals surface area contributed by atoms with Crippen LogP contribution in [0.2, 0.25) is 0 Å². The first-order valence-electron chi connectivity index (χ1n) is 6.38. The number of halogens is 1. The first-order valence-corrected chi connectivity index (χ1v) is 8.05. The highest BCUT2D eigenvalue weighted by molar-refractivity contribution is 9.10. The summed E-state index contributed by atoms with van der Waals surface area (Å²) in [7, 11) is 1.88. The summed E-state index contributed by atoms with van der Waals surface area (Å²) in [6.45, 7) is 2.73. The zero-order valence-electron chi connectivity index (χ0n) is 11.8. The van der Waals surface area contributed by atoms with Crippen LogP contribution in [-0.4, -0.2) is 24.6 Å². The van der Waals surface area contributed by atoms with Gasteiger partial charge in [-0.1, -0.05) is 0 Å². The number of ether oxygens (including phenoxy) is 1. The minimum Gasteiger partial charge on any atom is -0.462 e. The molecule has 0 saturated carbocycles. The molecule has 2 N–H and O–H groups in total. The lowest BCUT2D eigenvalue weighted by atomic mass is 10.2. The lowest BCUT2D eigenvalue weighted by Crippen LogP contribution is -2.21. The minimum atomic E-state index is -0.411. The summed E-state index contributed by atoms with van der Waals surface area (Å²) in [5, 5.41) is 2.02. The predicted octanol–water partition coefficient (Wildman–Crippen LogP) is 3.30. The van der Waals surface area contributed by atoms with Crippen LogP contribution >= 0.6 is 27.3 Å². The van der Waals surface area contributed by atoms with Crippen LogP contribution in [-0.2, 0) is 11.3 Å². The maximum Gasteiger partial charge on any atom is 0.341 e. The van der Waals surface area contributed by atoms with Crippen molar-refractivity contribution in [2.75, 3.05) is 24.3 Å². The van der Waals surface area contributed by atoms with E-state index in [1.807, 2.05) is 23.4 Å². The summed E-state index contributed by atoms with van der Waals surface area (Å²) in [5.41, 5.74) is 6.55. The summed E-state index contributed by atoms with van der Waals surface area (Å²) in [6.07, 6.45) is 1.54. The third-order valence-corrected chi connectivity index (χ3v) is 4.44.